The molecule has 122 valence electrons. The third kappa shape index (κ3) is 2.80. The van der Waals surface area contributed by atoms with Crippen LogP contribution in [-0.2, 0) is 16.0 Å². The number of rotatable bonds is 4. The lowest BCUT2D eigenvalue weighted by Gasteiger charge is -2.17. The lowest BCUT2D eigenvalue weighted by molar-refractivity contribution is -0.117. The fraction of sp³-hybridized carbons (Fsp3) is 0.214. The van der Waals surface area contributed by atoms with Crippen molar-refractivity contribution in [3.05, 3.63) is 30.1 Å². The number of carbonyl (C=O) groups excluding carboxylic acids is 1. The SMILES string of the molecule is NCCOc1ccc2c(F)c(N3CC(=O)NS3=O)c(O)cc2c1. The maximum Gasteiger partial charge on any atom is 0.253 e. The van der Waals surface area contributed by atoms with Crippen LogP contribution in [0.4, 0.5) is 10.1 Å². The summed E-state index contributed by atoms with van der Waals surface area (Å²) in [5.41, 5.74) is 5.09. The maximum atomic E-state index is 14.7. The Balaban J connectivity index is 2.07. The molecule has 4 N–H and O–H groups in total. The summed E-state index contributed by atoms with van der Waals surface area (Å²) in [6.07, 6.45) is 0. The van der Waals surface area contributed by atoms with E-state index >= 15 is 0 Å². The third-order valence-electron chi connectivity index (χ3n) is 3.33. The van der Waals surface area contributed by atoms with Crippen molar-refractivity contribution in [2.24, 2.45) is 5.73 Å². The van der Waals surface area contributed by atoms with E-state index in [1.54, 1.807) is 12.1 Å². The molecule has 1 amide bonds. The molecule has 1 fully saturated rings. The van der Waals surface area contributed by atoms with Crippen molar-refractivity contribution in [3.63, 3.8) is 0 Å². The smallest absolute Gasteiger partial charge is 0.253 e. The zero-order chi connectivity index (χ0) is 16.6. The largest absolute Gasteiger partial charge is 0.506 e. The van der Waals surface area contributed by atoms with E-state index in [0.717, 1.165) is 4.31 Å². The van der Waals surface area contributed by atoms with Gasteiger partial charge in [-0.15, -0.1) is 0 Å². The van der Waals surface area contributed by atoms with Crippen molar-refractivity contribution in [1.29, 1.82) is 0 Å². The van der Waals surface area contributed by atoms with Gasteiger partial charge in [0.05, 0.1) is 0 Å². The Morgan fingerprint density at radius 3 is 2.87 bits per heavy atom. The second kappa shape index (κ2) is 6.01. The summed E-state index contributed by atoms with van der Waals surface area (Å²) in [4.78, 5) is 11.3. The van der Waals surface area contributed by atoms with Crippen LogP contribution in [0.25, 0.3) is 10.8 Å². The fourth-order valence-corrected chi connectivity index (χ4v) is 3.30. The van der Waals surface area contributed by atoms with Gasteiger partial charge in [0, 0.05) is 11.9 Å². The predicted molar refractivity (Wildman–Crippen MR) is 83.8 cm³/mol. The van der Waals surface area contributed by atoms with Crippen molar-refractivity contribution in [2.45, 2.75) is 0 Å². The van der Waals surface area contributed by atoms with Crippen LogP contribution in [0.15, 0.2) is 24.3 Å². The van der Waals surface area contributed by atoms with Gasteiger partial charge in [0.1, 0.15) is 30.3 Å². The zero-order valence-electron chi connectivity index (χ0n) is 11.9. The van der Waals surface area contributed by atoms with Crippen LogP contribution >= 0.6 is 0 Å². The van der Waals surface area contributed by atoms with E-state index in [-0.39, 0.29) is 17.6 Å². The number of ether oxygens (including phenoxy) is 1. The lowest BCUT2D eigenvalue weighted by atomic mass is 10.1. The van der Waals surface area contributed by atoms with E-state index in [4.69, 9.17) is 10.5 Å². The lowest BCUT2D eigenvalue weighted by Crippen LogP contribution is -2.23. The van der Waals surface area contributed by atoms with Gasteiger partial charge < -0.3 is 15.6 Å². The summed E-state index contributed by atoms with van der Waals surface area (Å²) in [5, 5.41) is 10.7. The molecule has 2 aromatic carbocycles. The minimum absolute atomic E-state index is 0.217. The standard InChI is InChI=1S/C14H14FN3O4S/c15-13-10-2-1-9(22-4-3-16)5-8(10)6-11(19)14(13)18-7-12(20)17-23(18)21/h1-2,5-6,19H,3-4,7,16H2,(H,17,20). The molecule has 2 aromatic rings. The molecule has 0 spiro atoms. The number of phenols is 1. The molecule has 0 aromatic heterocycles. The Kier molecular flexibility index (Phi) is 4.05. The van der Waals surface area contributed by atoms with Gasteiger partial charge >= 0.3 is 0 Å². The maximum absolute atomic E-state index is 14.7. The van der Waals surface area contributed by atoms with Crippen LogP contribution < -0.4 is 19.5 Å². The quantitative estimate of drug-likeness (QED) is 0.754. The van der Waals surface area contributed by atoms with Crippen molar-refractivity contribution in [2.75, 3.05) is 24.0 Å². The van der Waals surface area contributed by atoms with E-state index in [2.05, 4.69) is 4.72 Å². The van der Waals surface area contributed by atoms with Crippen molar-refractivity contribution in [3.8, 4) is 11.5 Å². The van der Waals surface area contributed by atoms with Gasteiger partial charge in [-0.1, -0.05) is 0 Å². The number of hydrogen-bond donors (Lipinski definition) is 3. The Morgan fingerprint density at radius 1 is 1.43 bits per heavy atom. The number of anilines is 1. The van der Waals surface area contributed by atoms with Gasteiger partial charge in [-0.3, -0.25) is 13.8 Å². The summed E-state index contributed by atoms with van der Waals surface area (Å²) in [6, 6.07) is 5.98. The molecule has 1 saturated heterocycles. The molecule has 1 heterocycles. The summed E-state index contributed by atoms with van der Waals surface area (Å²) < 4.78 is 35.0. The molecule has 23 heavy (non-hydrogen) atoms. The first-order chi connectivity index (χ1) is 11.0. The molecule has 1 unspecified atom stereocenters. The molecule has 0 bridgehead atoms. The van der Waals surface area contributed by atoms with Gasteiger partial charge in [0.2, 0.25) is 11.2 Å². The molecule has 3 rings (SSSR count). The Bertz CT molecular complexity index is 814. The number of phenolic OH excluding ortho intramolecular Hbond substituents is 1. The van der Waals surface area contributed by atoms with Crippen molar-refractivity contribution >= 4 is 33.5 Å². The van der Waals surface area contributed by atoms with E-state index < -0.39 is 28.6 Å². The van der Waals surface area contributed by atoms with Gasteiger partial charge in [-0.05, 0) is 29.7 Å². The van der Waals surface area contributed by atoms with Gasteiger partial charge in [-0.25, -0.2) is 8.60 Å². The van der Waals surface area contributed by atoms with Crippen LogP contribution in [0, 0.1) is 5.82 Å². The highest BCUT2D eigenvalue weighted by Crippen LogP contribution is 2.38. The molecule has 0 radical (unpaired) electrons. The average Bonchev–Trinajstić information content (AvgIpc) is 2.83. The van der Waals surface area contributed by atoms with Gasteiger partial charge in [-0.2, -0.15) is 0 Å². The highest BCUT2D eigenvalue weighted by molar-refractivity contribution is 7.85. The first-order valence-electron chi connectivity index (χ1n) is 6.78. The molecule has 1 aliphatic heterocycles. The number of benzene rings is 2. The summed E-state index contributed by atoms with van der Waals surface area (Å²) in [5.74, 6) is -1.17. The molecule has 7 nitrogen and oxygen atoms in total. The van der Waals surface area contributed by atoms with E-state index in [1.165, 1.54) is 12.1 Å². The van der Waals surface area contributed by atoms with Crippen LogP contribution in [0.3, 0.4) is 0 Å². The summed E-state index contributed by atoms with van der Waals surface area (Å²) in [7, 11) is 0. The Morgan fingerprint density at radius 2 is 2.22 bits per heavy atom. The Hall–Kier alpha value is -2.39. The number of nitrogens with two attached hydrogens (primary N) is 1. The van der Waals surface area contributed by atoms with Crippen LogP contribution in [0.2, 0.25) is 0 Å². The molecular formula is C14H14FN3O4S. The number of halogens is 1. The molecular weight excluding hydrogens is 325 g/mol. The number of amides is 1. The monoisotopic (exact) mass is 339 g/mol. The number of carbonyl (C=O) groups is 1. The molecule has 9 heteroatoms. The van der Waals surface area contributed by atoms with Crippen LogP contribution in [0.5, 0.6) is 11.5 Å². The average molecular weight is 339 g/mol. The fourth-order valence-electron chi connectivity index (χ4n) is 2.36. The first kappa shape index (κ1) is 15.5. The number of hydrogen-bond acceptors (Lipinski definition) is 5. The van der Waals surface area contributed by atoms with Crippen LogP contribution in [0.1, 0.15) is 0 Å². The van der Waals surface area contributed by atoms with Gasteiger partial charge in [0.15, 0.2) is 5.82 Å². The van der Waals surface area contributed by atoms with E-state index in [0.29, 0.717) is 24.3 Å². The number of fused-ring (bicyclic) bond motifs is 1. The second-order valence-corrected chi connectivity index (χ2v) is 6.03. The second-order valence-electron chi connectivity index (χ2n) is 4.89. The third-order valence-corrected chi connectivity index (χ3v) is 4.44. The molecule has 1 atom stereocenters. The normalized spacial score (nSPS) is 17.6. The predicted octanol–water partition coefficient (Wildman–Crippen LogP) is 0.537. The minimum atomic E-state index is -1.92. The number of nitrogens with zero attached hydrogens (tertiary/aromatic N) is 1. The molecule has 0 aliphatic carbocycles. The van der Waals surface area contributed by atoms with Crippen molar-refractivity contribution < 1.29 is 23.2 Å². The number of nitrogens with one attached hydrogen (secondary N) is 1. The van der Waals surface area contributed by atoms with Gasteiger partial charge in [0.25, 0.3) is 5.91 Å². The van der Waals surface area contributed by atoms with Crippen molar-refractivity contribution in [1.82, 2.24) is 4.72 Å². The first-order valence-corrected chi connectivity index (χ1v) is 7.89. The van der Waals surface area contributed by atoms with E-state index in [1.807, 2.05) is 0 Å². The minimum Gasteiger partial charge on any atom is -0.506 e. The molecule has 0 saturated carbocycles. The highest BCUT2D eigenvalue weighted by Gasteiger charge is 2.32. The number of aromatic hydroxyl groups is 1. The Labute approximate surface area is 133 Å². The zero-order valence-corrected chi connectivity index (χ0v) is 12.7. The topological polar surface area (TPSA) is 105 Å². The summed E-state index contributed by atoms with van der Waals surface area (Å²) in [6.45, 7) is 0.372. The highest BCUT2D eigenvalue weighted by atomic mass is 32.2. The van der Waals surface area contributed by atoms with Crippen LogP contribution in [-0.4, -0.2) is 34.9 Å². The summed E-state index contributed by atoms with van der Waals surface area (Å²) >= 11 is -1.92. The molecule has 1 aliphatic rings. The van der Waals surface area contributed by atoms with E-state index in [9.17, 15) is 18.5 Å².